The molecule has 0 amide bonds. The topological polar surface area (TPSA) is 90.2 Å². The molecule has 0 aliphatic heterocycles. The molecule has 0 radical (unpaired) electrons. The van der Waals surface area contributed by atoms with E-state index in [2.05, 4.69) is 15.3 Å². The van der Waals surface area contributed by atoms with Crippen molar-refractivity contribution < 1.29 is 9.66 Å². The van der Waals surface area contributed by atoms with Crippen LogP contribution in [-0.2, 0) is 4.74 Å². The van der Waals surface area contributed by atoms with E-state index in [1.807, 2.05) is 0 Å². The van der Waals surface area contributed by atoms with Crippen molar-refractivity contribution in [2.45, 2.75) is 31.4 Å². The molecule has 0 spiro atoms. The minimum absolute atomic E-state index is 0.106. The van der Waals surface area contributed by atoms with Crippen LogP contribution in [0.25, 0.3) is 0 Å². The van der Waals surface area contributed by atoms with Crippen LogP contribution in [0.4, 0.5) is 11.6 Å². The Labute approximate surface area is 98.4 Å². The van der Waals surface area contributed by atoms with Gasteiger partial charge in [0.25, 0.3) is 0 Å². The maximum absolute atomic E-state index is 10.4. The van der Waals surface area contributed by atoms with Crippen LogP contribution in [-0.4, -0.2) is 34.1 Å². The van der Waals surface area contributed by atoms with Crippen molar-refractivity contribution in [1.29, 1.82) is 0 Å². The zero-order chi connectivity index (χ0) is 12.3. The molecule has 2 rings (SSSR count). The first kappa shape index (κ1) is 11.7. The van der Waals surface area contributed by atoms with Crippen molar-refractivity contribution in [2.24, 2.45) is 0 Å². The Morgan fingerprint density at radius 2 is 2.18 bits per heavy atom. The summed E-state index contributed by atoms with van der Waals surface area (Å²) in [5, 5.41) is 13.6. The summed E-state index contributed by atoms with van der Waals surface area (Å²) in [7, 11) is 1.68. The molecule has 1 aromatic heterocycles. The molecule has 2 atom stereocenters. The monoisotopic (exact) mass is 238 g/mol. The number of aromatic nitrogens is 2. The molecule has 17 heavy (non-hydrogen) atoms. The predicted octanol–water partition coefficient (Wildman–Crippen LogP) is 1.36. The zero-order valence-corrected chi connectivity index (χ0v) is 9.50. The van der Waals surface area contributed by atoms with Crippen LogP contribution in [0, 0.1) is 10.1 Å². The second-order valence-electron chi connectivity index (χ2n) is 3.98. The summed E-state index contributed by atoms with van der Waals surface area (Å²) in [5.41, 5.74) is -0.106. The maximum atomic E-state index is 10.4. The molecule has 1 aliphatic rings. The third-order valence-corrected chi connectivity index (χ3v) is 2.92. The van der Waals surface area contributed by atoms with Gasteiger partial charge >= 0.3 is 5.69 Å². The van der Waals surface area contributed by atoms with Crippen LogP contribution >= 0.6 is 0 Å². The van der Waals surface area contributed by atoms with Crippen LogP contribution in [0.3, 0.4) is 0 Å². The normalized spacial score (nSPS) is 23.6. The van der Waals surface area contributed by atoms with E-state index in [9.17, 15) is 10.1 Å². The van der Waals surface area contributed by atoms with E-state index in [0.29, 0.717) is 5.95 Å². The third-order valence-electron chi connectivity index (χ3n) is 2.92. The molecule has 92 valence electrons. The Morgan fingerprint density at radius 3 is 2.76 bits per heavy atom. The van der Waals surface area contributed by atoms with Gasteiger partial charge in [-0.25, -0.2) is 9.97 Å². The number of ether oxygens (including phenoxy) is 1. The Hall–Kier alpha value is -1.76. The summed E-state index contributed by atoms with van der Waals surface area (Å²) in [4.78, 5) is 17.7. The number of nitrogens with one attached hydrogen (secondary N) is 1. The van der Waals surface area contributed by atoms with Crippen LogP contribution in [0.1, 0.15) is 19.3 Å². The number of hydrogen-bond acceptors (Lipinski definition) is 6. The molecule has 1 N–H and O–H groups in total. The van der Waals surface area contributed by atoms with Crippen LogP contribution in [0.15, 0.2) is 12.4 Å². The summed E-state index contributed by atoms with van der Waals surface area (Å²) >= 11 is 0. The predicted molar refractivity (Wildman–Crippen MR) is 60.7 cm³/mol. The number of methoxy groups -OCH3 is 1. The van der Waals surface area contributed by atoms with Gasteiger partial charge in [-0.15, -0.1) is 0 Å². The van der Waals surface area contributed by atoms with E-state index >= 15 is 0 Å². The van der Waals surface area contributed by atoms with Gasteiger partial charge in [0.15, 0.2) is 0 Å². The molecule has 7 nitrogen and oxygen atoms in total. The van der Waals surface area contributed by atoms with Gasteiger partial charge < -0.3 is 10.1 Å². The molecule has 1 fully saturated rings. The summed E-state index contributed by atoms with van der Waals surface area (Å²) in [5.74, 6) is 0.407. The first-order chi connectivity index (χ1) is 8.20. The molecule has 1 aliphatic carbocycles. The van der Waals surface area contributed by atoms with Crippen LogP contribution < -0.4 is 5.32 Å². The summed E-state index contributed by atoms with van der Waals surface area (Å²) in [6.45, 7) is 0. The van der Waals surface area contributed by atoms with Gasteiger partial charge in [0.2, 0.25) is 5.95 Å². The standard InChI is InChI=1S/C10H14N4O3/c1-17-9-4-2-3-8(9)13-10-11-5-7(6-12-10)14(15)16/h5-6,8-9H,2-4H2,1H3,(H,11,12,13). The number of rotatable bonds is 4. The first-order valence-corrected chi connectivity index (χ1v) is 5.46. The molecular formula is C10H14N4O3. The molecule has 1 heterocycles. The molecule has 0 saturated heterocycles. The van der Waals surface area contributed by atoms with Crippen molar-refractivity contribution in [3.8, 4) is 0 Å². The lowest BCUT2D eigenvalue weighted by molar-refractivity contribution is -0.385. The Balaban J connectivity index is 2.01. The highest BCUT2D eigenvalue weighted by Gasteiger charge is 2.27. The van der Waals surface area contributed by atoms with Gasteiger partial charge in [-0.1, -0.05) is 0 Å². The highest BCUT2D eigenvalue weighted by molar-refractivity contribution is 5.32. The second kappa shape index (κ2) is 5.05. The maximum Gasteiger partial charge on any atom is 0.305 e. The van der Waals surface area contributed by atoms with E-state index in [4.69, 9.17) is 4.74 Å². The lowest BCUT2D eigenvalue weighted by Crippen LogP contribution is -2.30. The quantitative estimate of drug-likeness (QED) is 0.629. The van der Waals surface area contributed by atoms with Crippen LogP contribution in [0.5, 0.6) is 0 Å². The van der Waals surface area contributed by atoms with Crippen molar-refractivity contribution in [3.05, 3.63) is 22.5 Å². The molecular weight excluding hydrogens is 224 g/mol. The second-order valence-corrected chi connectivity index (χ2v) is 3.98. The third kappa shape index (κ3) is 2.68. The van der Waals surface area contributed by atoms with E-state index in [0.717, 1.165) is 19.3 Å². The lowest BCUT2D eigenvalue weighted by atomic mass is 10.2. The highest BCUT2D eigenvalue weighted by Crippen LogP contribution is 2.24. The largest absolute Gasteiger partial charge is 0.379 e. The average molecular weight is 238 g/mol. The fourth-order valence-electron chi connectivity index (χ4n) is 2.03. The van der Waals surface area contributed by atoms with Gasteiger partial charge in [-0.3, -0.25) is 10.1 Å². The van der Waals surface area contributed by atoms with E-state index in [-0.39, 0.29) is 17.8 Å². The van der Waals surface area contributed by atoms with Crippen LogP contribution in [0.2, 0.25) is 0 Å². The summed E-state index contributed by atoms with van der Waals surface area (Å²) < 4.78 is 5.33. The van der Waals surface area contributed by atoms with E-state index < -0.39 is 4.92 Å². The number of hydrogen-bond donors (Lipinski definition) is 1. The molecule has 1 aromatic rings. The van der Waals surface area contributed by atoms with E-state index in [1.165, 1.54) is 12.4 Å². The van der Waals surface area contributed by atoms with Gasteiger partial charge in [0, 0.05) is 7.11 Å². The van der Waals surface area contributed by atoms with Gasteiger partial charge in [-0.05, 0) is 19.3 Å². The van der Waals surface area contributed by atoms with Crippen molar-refractivity contribution in [1.82, 2.24) is 9.97 Å². The Kier molecular flexibility index (Phi) is 3.48. The number of nitro groups is 1. The summed E-state index contributed by atoms with van der Waals surface area (Å²) in [6, 6.07) is 0.182. The summed E-state index contributed by atoms with van der Waals surface area (Å²) in [6.07, 6.45) is 5.68. The minimum atomic E-state index is -0.517. The lowest BCUT2D eigenvalue weighted by Gasteiger charge is -2.19. The number of anilines is 1. The zero-order valence-electron chi connectivity index (χ0n) is 9.50. The number of nitrogens with zero attached hydrogens (tertiary/aromatic N) is 3. The molecule has 0 bridgehead atoms. The van der Waals surface area contributed by atoms with Gasteiger partial charge in [0.05, 0.1) is 17.1 Å². The molecule has 1 saturated carbocycles. The SMILES string of the molecule is COC1CCCC1Nc1ncc([N+](=O)[O-])cn1. The highest BCUT2D eigenvalue weighted by atomic mass is 16.6. The molecule has 2 unspecified atom stereocenters. The van der Waals surface area contributed by atoms with Crippen molar-refractivity contribution >= 4 is 11.6 Å². The molecule has 0 aromatic carbocycles. The first-order valence-electron chi connectivity index (χ1n) is 5.46. The van der Waals surface area contributed by atoms with Gasteiger partial charge in [-0.2, -0.15) is 0 Å². The average Bonchev–Trinajstić information content (AvgIpc) is 2.77. The fourth-order valence-corrected chi connectivity index (χ4v) is 2.03. The molecule has 7 heteroatoms. The fraction of sp³-hybridized carbons (Fsp3) is 0.600. The van der Waals surface area contributed by atoms with Crippen molar-refractivity contribution in [3.63, 3.8) is 0 Å². The smallest absolute Gasteiger partial charge is 0.305 e. The Morgan fingerprint density at radius 1 is 1.47 bits per heavy atom. The van der Waals surface area contributed by atoms with Crippen molar-refractivity contribution in [2.75, 3.05) is 12.4 Å². The van der Waals surface area contributed by atoms with Gasteiger partial charge in [0.1, 0.15) is 12.4 Å². The van der Waals surface area contributed by atoms with E-state index in [1.54, 1.807) is 7.11 Å². The Bertz CT molecular complexity index is 395. The minimum Gasteiger partial charge on any atom is -0.379 e.